The van der Waals surface area contributed by atoms with Crippen LogP contribution in [0, 0.1) is 0 Å². The molecule has 1 aromatic carbocycles. The highest BCUT2D eigenvalue weighted by atomic mass is 16.5. The van der Waals surface area contributed by atoms with Crippen molar-refractivity contribution in [1.82, 2.24) is 5.16 Å². The summed E-state index contributed by atoms with van der Waals surface area (Å²) < 4.78 is 15.7. The fourth-order valence-corrected chi connectivity index (χ4v) is 1.43. The first-order valence-corrected chi connectivity index (χ1v) is 5.23. The molecule has 2 N–H and O–H groups in total. The van der Waals surface area contributed by atoms with E-state index in [0.29, 0.717) is 24.7 Å². The molecule has 5 heteroatoms. The number of nitrogens with two attached hydrogens (primary N) is 1. The van der Waals surface area contributed by atoms with Gasteiger partial charge in [-0.3, -0.25) is 0 Å². The van der Waals surface area contributed by atoms with Gasteiger partial charge in [0.25, 0.3) is 0 Å². The van der Waals surface area contributed by atoms with E-state index in [0.717, 1.165) is 11.3 Å². The summed E-state index contributed by atoms with van der Waals surface area (Å²) in [6.07, 6.45) is 1.58. The van der Waals surface area contributed by atoms with E-state index in [-0.39, 0.29) is 0 Å². The van der Waals surface area contributed by atoms with Crippen LogP contribution in [0.15, 0.2) is 35.0 Å². The molecule has 90 valence electrons. The van der Waals surface area contributed by atoms with Gasteiger partial charge in [-0.1, -0.05) is 11.2 Å². The van der Waals surface area contributed by atoms with Crippen LogP contribution in [0.5, 0.6) is 11.5 Å². The van der Waals surface area contributed by atoms with Crippen LogP contribution in [0.1, 0.15) is 11.3 Å². The lowest BCUT2D eigenvalue weighted by Gasteiger charge is -2.10. The molecule has 0 bridgehead atoms. The summed E-state index contributed by atoms with van der Waals surface area (Å²) in [6.45, 7) is 0.732. The van der Waals surface area contributed by atoms with Crippen LogP contribution in [-0.4, -0.2) is 12.3 Å². The molecule has 0 aliphatic heterocycles. The van der Waals surface area contributed by atoms with Crippen LogP contribution in [0.2, 0.25) is 0 Å². The Labute approximate surface area is 99.1 Å². The Hall–Kier alpha value is -2.01. The zero-order valence-corrected chi connectivity index (χ0v) is 9.55. The quantitative estimate of drug-likeness (QED) is 0.852. The Balaban J connectivity index is 2.12. The number of rotatable bonds is 5. The summed E-state index contributed by atoms with van der Waals surface area (Å²) in [5, 5.41) is 3.61. The molecule has 2 rings (SSSR count). The average Bonchev–Trinajstić information content (AvgIpc) is 2.89. The van der Waals surface area contributed by atoms with Crippen LogP contribution in [0.3, 0.4) is 0 Å². The van der Waals surface area contributed by atoms with Gasteiger partial charge in [0, 0.05) is 24.2 Å². The Morgan fingerprint density at radius 1 is 1.35 bits per heavy atom. The number of methoxy groups -OCH3 is 1. The van der Waals surface area contributed by atoms with Crippen LogP contribution in [0.4, 0.5) is 0 Å². The van der Waals surface area contributed by atoms with E-state index in [1.54, 1.807) is 25.4 Å². The second kappa shape index (κ2) is 5.36. The zero-order chi connectivity index (χ0) is 12.1. The number of aromatic nitrogens is 1. The largest absolute Gasteiger partial charge is 0.497 e. The molecule has 0 unspecified atom stereocenters. The molecule has 0 aliphatic rings. The molecule has 0 fully saturated rings. The molecule has 2 aromatic rings. The number of hydrogen-bond donors (Lipinski definition) is 1. The maximum Gasteiger partial charge on any atom is 0.174 e. The second-order valence-electron chi connectivity index (χ2n) is 3.45. The van der Waals surface area contributed by atoms with Crippen molar-refractivity contribution in [3.8, 4) is 11.5 Å². The highest BCUT2D eigenvalue weighted by Gasteiger charge is 2.06. The molecule has 0 amide bonds. The maximum absolute atomic E-state index is 5.63. The molecular weight excluding hydrogens is 220 g/mol. The van der Waals surface area contributed by atoms with Gasteiger partial charge in [-0.05, 0) is 6.07 Å². The first-order chi connectivity index (χ1) is 8.33. The summed E-state index contributed by atoms with van der Waals surface area (Å²) in [5.74, 6) is 2.09. The topological polar surface area (TPSA) is 70.5 Å². The van der Waals surface area contributed by atoms with Gasteiger partial charge in [0.1, 0.15) is 18.1 Å². The lowest BCUT2D eigenvalue weighted by Crippen LogP contribution is -2.02. The van der Waals surface area contributed by atoms with E-state index in [9.17, 15) is 0 Å². The van der Waals surface area contributed by atoms with Gasteiger partial charge >= 0.3 is 0 Å². The Bertz CT molecular complexity index is 469. The van der Waals surface area contributed by atoms with E-state index in [2.05, 4.69) is 5.16 Å². The fourth-order valence-electron chi connectivity index (χ4n) is 1.43. The number of ether oxygens (including phenoxy) is 2. The summed E-state index contributed by atoms with van der Waals surface area (Å²) in [6, 6.07) is 7.29. The van der Waals surface area contributed by atoms with E-state index < -0.39 is 0 Å². The predicted molar refractivity (Wildman–Crippen MR) is 61.7 cm³/mol. The van der Waals surface area contributed by atoms with Crippen LogP contribution < -0.4 is 15.2 Å². The molecule has 0 aliphatic carbocycles. The number of nitrogens with zero attached hydrogens (tertiary/aromatic N) is 1. The van der Waals surface area contributed by atoms with E-state index >= 15 is 0 Å². The van der Waals surface area contributed by atoms with Crippen LogP contribution >= 0.6 is 0 Å². The maximum atomic E-state index is 5.63. The molecule has 17 heavy (non-hydrogen) atoms. The summed E-state index contributed by atoms with van der Waals surface area (Å²) in [5.41, 5.74) is 6.56. The minimum Gasteiger partial charge on any atom is -0.497 e. The van der Waals surface area contributed by atoms with Crippen molar-refractivity contribution in [2.45, 2.75) is 13.2 Å². The highest BCUT2D eigenvalue weighted by Crippen LogP contribution is 2.25. The first kappa shape index (κ1) is 11.5. The molecular formula is C12H14N2O3. The third kappa shape index (κ3) is 2.76. The molecule has 0 saturated heterocycles. The normalized spacial score (nSPS) is 10.2. The van der Waals surface area contributed by atoms with Gasteiger partial charge in [-0.2, -0.15) is 0 Å². The van der Waals surface area contributed by atoms with Crippen LogP contribution in [-0.2, 0) is 13.2 Å². The van der Waals surface area contributed by atoms with Gasteiger partial charge < -0.3 is 19.7 Å². The SMILES string of the molecule is COc1ccc(CN)c(OCc2ccno2)c1. The molecule has 0 atom stereocenters. The highest BCUT2D eigenvalue weighted by molar-refractivity contribution is 5.40. The zero-order valence-electron chi connectivity index (χ0n) is 9.55. The first-order valence-electron chi connectivity index (χ1n) is 5.23. The van der Waals surface area contributed by atoms with Gasteiger partial charge in [0.2, 0.25) is 0 Å². The Morgan fingerprint density at radius 2 is 2.24 bits per heavy atom. The van der Waals surface area contributed by atoms with E-state index in [4.69, 9.17) is 19.7 Å². The molecule has 0 spiro atoms. The Kier molecular flexibility index (Phi) is 3.62. The fraction of sp³-hybridized carbons (Fsp3) is 0.250. The molecule has 0 saturated carbocycles. The summed E-state index contributed by atoms with van der Waals surface area (Å²) in [7, 11) is 1.61. The van der Waals surface area contributed by atoms with Crippen LogP contribution in [0.25, 0.3) is 0 Å². The third-order valence-electron chi connectivity index (χ3n) is 2.36. The van der Waals surface area contributed by atoms with Crippen molar-refractivity contribution in [3.05, 3.63) is 41.8 Å². The monoisotopic (exact) mass is 234 g/mol. The lowest BCUT2D eigenvalue weighted by atomic mass is 10.2. The number of hydrogen-bond acceptors (Lipinski definition) is 5. The molecule has 1 aromatic heterocycles. The average molecular weight is 234 g/mol. The second-order valence-corrected chi connectivity index (χ2v) is 3.45. The molecule has 5 nitrogen and oxygen atoms in total. The van der Waals surface area contributed by atoms with Gasteiger partial charge in [0.05, 0.1) is 13.3 Å². The van der Waals surface area contributed by atoms with E-state index in [1.807, 2.05) is 12.1 Å². The predicted octanol–water partition coefficient (Wildman–Crippen LogP) is 1.72. The van der Waals surface area contributed by atoms with Crippen molar-refractivity contribution < 1.29 is 14.0 Å². The summed E-state index contributed by atoms with van der Waals surface area (Å²) >= 11 is 0. The van der Waals surface area contributed by atoms with Crippen molar-refractivity contribution >= 4 is 0 Å². The van der Waals surface area contributed by atoms with Crippen molar-refractivity contribution in [1.29, 1.82) is 0 Å². The van der Waals surface area contributed by atoms with E-state index in [1.165, 1.54) is 0 Å². The standard InChI is InChI=1S/C12H14N2O3/c1-15-10-3-2-9(7-13)12(6-10)16-8-11-4-5-14-17-11/h2-6H,7-8,13H2,1H3. The Morgan fingerprint density at radius 3 is 2.88 bits per heavy atom. The molecule has 1 heterocycles. The van der Waals surface area contributed by atoms with Gasteiger partial charge in [-0.15, -0.1) is 0 Å². The third-order valence-corrected chi connectivity index (χ3v) is 2.36. The smallest absolute Gasteiger partial charge is 0.174 e. The summed E-state index contributed by atoms with van der Waals surface area (Å²) in [4.78, 5) is 0. The number of benzene rings is 1. The minimum atomic E-state index is 0.320. The van der Waals surface area contributed by atoms with Gasteiger partial charge in [0.15, 0.2) is 5.76 Å². The minimum absolute atomic E-state index is 0.320. The van der Waals surface area contributed by atoms with Gasteiger partial charge in [-0.25, -0.2) is 0 Å². The van der Waals surface area contributed by atoms with Crippen molar-refractivity contribution in [2.75, 3.05) is 7.11 Å². The van der Waals surface area contributed by atoms with Crippen molar-refractivity contribution in [3.63, 3.8) is 0 Å². The lowest BCUT2D eigenvalue weighted by molar-refractivity contribution is 0.246. The molecule has 0 radical (unpaired) electrons. The van der Waals surface area contributed by atoms with Crippen molar-refractivity contribution in [2.24, 2.45) is 5.73 Å².